The van der Waals surface area contributed by atoms with Gasteiger partial charge in [-0.05, 0) is 13.8 Å². The molecule has 1 fully saturated rings. The first-order valence-electron chi connectivity index (χ1n) is 2.41. The maximum atomic E-state index is 10.4. The normalized spacial score (nSPS) is 40.6. The lowest BCUT2D eigenvalue weighted by Gasteiger charge is -2.27. The third kappa shape index (κ3) is 0.548. The third-order valence-electron chi connectivity index (χ3n) is 1.21. The summed E-state index contributed by atoms with van der Waals surface area (Å²) in [6.07, 6.45) is -0.259. The molecule has 2 atom stereocenters. The van der Waals surface area contributed by atoms with E-state index in [1.165, 1.54) is 0 Å². The van der Waals surface area contributed by atoms with Crippen LogP contribution in [0.4, 0.5) is 0 Å². The number of carbonyl (C=O) groups is 1. The summed E-state index contributed by atoms with van der Waals surface area (Å²) in [6, 6.07) is 0. The van der Waals surface area contributed by atoms with E-state index in [1.807, 2.05) is 0 Å². The van der Waals surface area contributed by atoms with Crippen LogP contribution in [0.3, 0.4) is 0 Å². The van der Waals surface area contributed by atoms with Crippen LogP contribution in [-0.4, -0.2) is 18.0 Å². The molecule has 0 aromatic heterocycles. The summed E-state index contributed by atoms with van der Waals surface area (Å²) in [5.41, 5.74) is 0. The van der Waals surface area contributed by atoms with Crippen molar-refractivity contribution in [1.82, 2.24) is 0 Å². The van der Waals surface area contributed by atoms with Crippen LogP contribution >= 0.6 is 0 Å². The Balaban J connectivity index is 2.44. The summed E-state index contributed by atoms with van der Waals surface area (Å²) in [7, 11) is 0. The van der Waals surface area contributed by atoms with E-state index in [2.05, 4.69) is 0 Å². The molecule has 0 bridgehead atoms. The van der Waals surface area contributed by atoms with Gasteiger partial charge in [-0.2, -0.15) is 0 Å². The fourth-order valence-electron chi connectivity index (χ4n) is 0.699. The van der Waals surface area contributed by atoms with Gasteiger partial charge in [-0.1, -0.05) is 0 Å². The van der Waals surface area contributed by atoms with Gasteiger partial charge in [0.25, 0.3) is 0 Å². The number of ether oxygens (including phenoxy) is 1. The molecule has 2 nitrogen and oxygen atoms in total. The van der Waals surface area contributed by atoms with Crippen molar-refractivity contribution in [3.63, 3.8) is 0 Å². The molecule has 1 rings (SSSR count). The minimum atomic E-state index is -0.130. The van der Waals surface area contributed by atoms with Crippen LogP contribution in [0.5, 0.6) is 0 Å². The lowest BCUT2D eigenvalue weighted by atomic mass is 10.1. The minimum absolute atomic E-state index is 0.130. The highest BCUT2D eigenvalue weighted by atomic mass is 16.5. The van der Waals surface area contributed by atoms with Gasteiger partial charge in [0.1, 0.15) is 12.2 Å². The molecule has 0 saturated carbocycles. The van der Waals surface area contributed by atoms with E-state index in [9.17, 15) is 4.79 Å². The largest absolute Gasteiger partial charge is 0.360 e. The van der Waals surface area contributed by atoms with Gasteiger partial charge in [0.2, 0.25) is 0 Å². The maximum Gasteiger partial charge on any atom is 0.189 e. The van der Waals surface area contributed by atoms with Gasteiger partial charge in [-0.15, -0.1) is 0 Å². The van der Waals surface area contributed by atoms with Crippen molar-refractivity contribution in [2.45, 2.75) is 26.1 Å². The molecule has 2 unspecified atom stereocenters. The molecule has 1 aliphatic rings. The van der Waals surface area contributed by atoms with Gasteiger partial charge >= 0.3 is 0 Å². The molecule has 0 aromatic carbocycles. The van der Waals surface area contributed by atoms with Crippen LogP contribution in [0.2, 0.25) is 0 Å². The van der Waals surface area contributed by atoms with E-state index >= 15 is 0 Å². The van der Waals surface area contributed by atoms with Gasteiger partial charge in [0, 0.05) is 0 Å². The van der Waals surface area contributed by atoms with Gasteiger partial charge in [0.15, 0.2) is 5.78 Å². The van der Waals surface area contributed by atoms with Crippen LogP contribution in [0.25, 0.3) is 0 Å². The predicted molar refractivity (Wildman–Crippen MR) is 25.0 cm³/mol. The molecule has 7 heavy (non-hydrogen) atoms. The van der Waals surface area contributed by atoms with E-state index in [1.54, 1.807) is 13.8 Å². The summed E-state index contributed by atoms with van der Waals surface area (Å²) >= 11 is 0. The molecule has 1 heterocycles. The van der Waals surface area contributed by atoms with Gasteiger partial charge in [0.05, 0.1) is 0 Å². The average Bonchev–Trinajstić information content (AvgIpc) is 1.68. The van der Waals surface area contributed by atoms with E-state index in [0.717, 1.165) is 0 Å². The lowest BCUT2D eigenvalue weighted by Crippen LogP contribution is -2.45. The summed E-state index contributed by atoms with van der Waals surface area (Å²) in [4.78, 5) is 10.4. The van der Waals surface area contributed by atoms with Gasteiger partial charge in [-0.3, -0.25) is 4.79 Å². The standard InChI is InChI=1S/C5H8O2/c1-3-5(6)4(2)7-3/h3-4H,1-2H3. The van der Waals surface area contributed by atoms with Crippen molar-refractivity contribution in [1.29, 1.82) is 0 Å². The van der Waals surface area contributed by atoms with E-state index in [4.69, 9.17) is 4.74 Å². The van der Waals surface area contributed by atoms with Crippen LogP contribution in [0, 0.1) is 0 Å². The first-order chi connectivity index (χ1) is 3.22. The molecule has 0 aliphatic carbocycles. The monoisotopic (exact) mass is 100 g/mol. The second kappa shape index (κ2) is 1.30. The number of Topliss-reactive ketones (excluding diaryl/α,β-unsaturated/α-hetero) is 1. The Bertz CT molecular complexity index is 88.3. The fourth-order valence-corrected chi connectivity index (χ4v) is 0.699. The van der Waals surface area contributed by atoms with Crippen molar-refractivity contribution < 1.29 is 9.53 Å². The molecule has 1 saturated heterocycles. The molecule has 0 amide bonds. The highest BCUT2D eigenvalue weighted by molar-refractivity contribution is 5.90. The van der Waals surface area contributed by atoms with Crippen LogP contribution < -0.4 is 0 Å². The van der Waals surface area contributed by atoms with Crippen LogP contribution in [0.1, 0.15) is 13.8 Å². The Morgan fingerprint density at radius 1 is 1.43 bits per heavy atom. The van der Waals surface area contributed by atoms with Gasteiger partial charge in [-0.25, -0.2) is 0 Å². The van der Waals surface area contributed by atoms with Crippen molar-refractivity contribution in [2.24, 2.45) is 0 Å². The van der Waals surface area contributed by atoms with Crippen LogP contribution in [-0.2, 0) is 9.53 Å². The Kier molecular flexibility index (Phi) is 0.889. The summed E-state index contributed by atoms with van der Waals surface area (Å²) in [5, 5.41) is 0. The SMILES string of the molecule is CC1OC(C)C1=O. The second-order valence-electron chi connectivity index (χ2n) is 1.82. The Labute approximate surface area is 42.5 Å². The molecule has 2 heteroatoms. The first-order valence-corrected chi connectivity index (χ1v) is 2.41. The zero-order valence-corrected chi connectivity index (χ0v) is 4.47. The molecular weight excluding hydrogens is 92.1 g/mol. The molecule has 40 valence electrons. The highest BCUT2D eigenvalue weighted by Crippen LogP contribution is 2.13. The Hall–Kier alpha value is -0.370. The van der Waals surface area contributed by atoms with E-state index in [0.29, 0.717) is 0 Å². The minimum Gasteiger partial charge on any atom is -0.360 e. The van der Waals surface area contributed by atoms with E-state index < -0.39 is 0 Å². The molecule has 0 spiro atoms. The average molecular weight is 100 g/mol. The predicted octanol–water partition coefficient (Wildman–Crippen LogP) is 0.363. The van der Waals surface area contributed by atoms with Crippen molar-refractivity contribution >= 4 is 5.78 Å². The number of rotatable bonds is 0. The maximum absolute atomic E-state index is 10.4. The zero-order valence-electron chi connectivity index (χ0n) is 4.47. The Morgan fingerprint density at radius 2 is 1.86 bits per heavy atom. The zero-order chi connectivity index (χ0) is 5.44. The van der Waals surface area contributed by atoms with E-state index in [-0.39, 0.29) is 18.0 Å². The molecular formula is C5H8O2. The van der Waals surface area contributed by atoms with Crippen molar-refractivity contribution in [3.05, 3.63) is 0 Å². The quantitative estimate of drug-likeness (QED) is 0.439. The molecule has 1 aliphatic heterocycles. The summed E-state index contributed by atoms with van der Waals surface area (Å²) in [5.74, 6) is 0.222. The molecule has 0 aromatic rings. The first kappa shape index (κ1) is 4.78. The number of hydrogen-bond donors (Lipinski definition) is 0. The number of ketones is 1. The Morgan fingerprint density at radius 3 is 1.86 bits per heavy atom. The molecule has 0 radical (unpaired) electrons. The third-order valence-corrected chi connectivity index (χ3v) is 1.21. The van der Waals surface area contributed by atoms with Crippen molar-refractivity contribution in [3.8, 4) is 0 Å². The molecule has 0 N–H and O–H groups in total. The number of hydrogen-bond acceptors (Lipinski definition) is 2. The van der Waals surface area contributed by atoms with Crippen molar-refractivity contribution in [2.75, 3.05) is 0 Å². The summed E-state index contributed by atoms with van der Waals surface area (Å²) in [6.45, 7) is 3.53. The lowest BCUT2D eigenvalue weighted by molar-refractivity contribution is -0.166. The fraction of sp³-hybridized carbons (Fsp3) is 0.800. The number of carbonyl (C=O) groups excluding carboxylic acids is 1. The smallest absolute Gasteiger partial charge is 0.189 e. The second-order valence-corrected chi connectivity index (χ2v) is 1.82. The topological polar surface area (TPSA) is 26.3 Å². The van der Waals surface area contributed by atoms with Crippen LogP contribution in [0.15, 0.2) is 0 Å². The van der Waals surface area contributed by atoms with Gasteiger partial charge < -0.3 is 4.74 Å². The summed E-state index contributed by atoms with van der Waals surface area (Å²) < 4.78 is 4.90. The highest BCUT2D eigenvalue weighted by Gasteiger charge is 2.32.